The normalized spacial score (nSPS) is 23.8. The number of carbonyl (C=O) groups is 2. The van der Waals surface area contributed by atoms with E-state index in [0.717, 1.165) is 24.8 Å². The first-order valence-electron chi connectivity index (χ1n) is 10.6. The zero-order valence-electron chi connectivity index (χ0n) is 17.2. The van der Waals surface area contributed by atoms with E-state index in [1.165, 1.54) is 0 Å². The standard InChI is InChI=1S/C23H29N3O3/c1-16(2)25-14-19(13-24-25)22(27)18-11-20-9-6-10-21(12-18)26(20)23(28)29-15-17-7-4-3-5-8-17/h3-5,7-8,13-14,16,18,20-21H,6,9-12,15H2,1-2H3. The Hall–Kier alpha value is -2.63. The summed E-state index contributed by atoms with van der Waals surface area (Å²) in [5, 5.41) is 4.31. The van der Waals surface area contributed by atoms with Gasteiger partial charge in [-0.15, -0.1) is 0 Å². The SMILES string of the molecule is CC(C)n1cc(C(=O)C2CC3CCCC(C2)N3C(=O)OCc2ccccc2)cn1. The van der Waals surface area contributed by atoms with E-state index in [9.17, 15) is 9.59 Å². The summed E-state index contributed by atoms with van der Waals surface area (Å²) in [7, 11) is 0. The summed E-state index contributed by atoms with van der Waals surface area (Å²) < 4.78 is 7.43. The van der Waals surface area contributed by atoms with Crippen molar-refractivity contribution >= 4 is 11.9 Å². The summed E-state index contributed by atoms with van der Waals surface area (Å²) in [6.45, 7) is 4.38. The van der Waals surface area contributed by atoms with Crippen molar-refractivity contribution in [3.63, 3.8) is 0 Å². The van der Waals surface area contributed by atoms with Crippen LogP contribution in [0.15, 0.2) is 42.7 Å². The first-order valence-corrected chi connectivity index (χ1v) is 10.6. The Morgan fingerprint density at radius 1 is 1.14 bits per heavy atom. The predicted molar refractivity (Wildman–Crippen MR) is 110 cm³/mol. The second-order valence-corrected chi connectivity index (χ2v) is 8.52. The van der Waals surface area contributed by atoms with E-state index in [-0.39, 0.29) is 42.5 Å². The average Bonchev–Trinajstić information content (AvgIpc) is 3.22. The van der Waals surface area contributed by atoms with Gasteiger partial charge in [0.05, 0.1) is 11.8 Å². The van der Waals surface area contributed by atoms with Crippen molar-refractivity contribution in [3.05, 3.63) is 53.9 Å². The van der Waals surface area contributed by atoms with Gasteiger partial charge in [0.2, 0.25) is 0 Å². The number of ketones is 1. The summed E-state index contributed by atoms with van der Waals surface area (Å²) >= 11 is 0. The number of carbonyl (C=O) groups excluding carboxylic acids is 2. The third-order valence-electron chi connectivity index (χ3n) is 6.18. The van der Waals surface area contributed by atoms with Crippen LogP contribution in [0.4, 0.5) is 4.79 Å². The monoisotopic (exact) mass is 395 g/mol. The number of hydrogen-bond donors (Lipinski definition) is 0. The molecule has 2 saturated heterocycles. The number of benzene rings is 1. The van der Waals surface area contributed by atoms with Gasteiger partial charge in [0.1, 0.15) is 6.61 Å². The minimum absolute atomic E-state index is 0.0479. The summed E-state index contributed by atoms with van der Waals surface area (Å²) in [4.78, 5) is 27.8. The number of fused-ring (bicyclic) bond motifs is 2. The van der Waals surface area contributed by atoms with Crippen molar-refractivity contribution in [1.82, 2.24) is 14.7 Å². The molecule has 2 atom stereocenters. The molecule has 6 heteroatoms. The highest BCUT2D eigenvalue weighted by Gasteiger charge is 2.43. The second kappa shape index (κ2) is 8.39. The fourth-order valence-electron chi connectivity index (χ4n) is 4.67. The van der Waals surface area contributed by atoms with E-state index in [0.29, 0.717) is 18.4 Å². The van der Waals surface area contributed by atoms with Crippen LogP contribution in [0.2, 0.25) is 0 Å². The molecule has 0 saturated carbocycles. The Balaban J connectivity index is 1.41. The molecule has 0 N–H and O–H groups in total. The fourth-order valence-corrected chi connectivity index (χ4v) is 4.67. The van der Waals surface area contributed by atoms with Crippen molar-refractivity contribution in [2.24, 2.45) is 5.92 Å². The van der Waals surface area contributed by atoms with E-state index in [1.807, 2.05) is 60.0 Å². The maximum atomic E-state index is 13.1. The van der Waals surface area contributed by atoms with Gasteiger partial charge in [-0.25, -0.2) is 4.79 Å². The summed E-state index contributed by atoms with van der Waals surface area (Å²) in [5.74, 6) is 0.111. The van der Waals surface area contributed by atoms with Gasteiger partial charge in [-0.3, -0.25) is 9.48 Å². The molecule has 0 spiro atoms. The fraction of sp³-hybridized carbons (Fsp3) is 0.522. The smallest absolute Gasteiger partial charge is 0.410 e. The molecule has 29 heavy (non-hydrogen) atoms. The van der Waals surface area contributed by atoms with Crippen molar-refractivity contribution in [1.29, 1.82) is 0 Å². The highest BCUT2D eigenvalue weighted by atomic mass is 16.6. The Morgan fingerprint density at radius 3 is 2.45 bits per heavy atom. The van der Waals surface area contributed by atoms with E-state index < -0.39 is 0 Å². The van der Waals surface area contributed by atoms with Crippen LogP contribution in [0.25, 0.3) is 0 Å². The average molecular weight is 396 g/mol. The minimum Gasteiger partial charge on any atom is -0.445 e. The molecule has 2 aliphatic heterocycles. The topological polar surface area (TPSA) is 64.4 Å². The zero-order valence-corrected chi connectivity index (χ0v) is 17.2. The van der Waals surface area contributed by atoms with Gasteiger partial charge < -0.3 is 9.64 Å². The van der Waals surface area contributed by atoms with Gasteiger partial charge in [-0.2, -0.15) is 5.10 Å². The van der Waals surface area contributed by atoms with Crippen molar-refractivity contribution in [2.75, 3.05) is 0 Å². The Morgan fingerprint density at radius 2 is 1.83 bits per heavy atom. The summed E-state index contributed by atoms with van der Waals surface area (Å²) in [6, 6.07) is 10.1. The number of ether oxygens (including phenoxy) is 1. The third kappa shape index (κ3) is 4.21. The molecule has 154 valence electrons. The van der Waals surface area contributed by atoms with Crippen molar-refractivity contribution in [3.8, 4) is 0 Å². The molecule has 2 aromatic rings. The van der Waals surface area contributed by atoms with Gasteiger partial charge in [0, 0.05) is 30.2 Å². The Labute approximate surface area is 171 Å². The molecule has 4 rings (SSSR count). The van der Waals surface area contributed by atoms with E-state index >= 15 is 0 Å². The van der Waals surface area contributed by atoms with Gasteiger partial charge in [0.15, 0.2) is 5.78 Å². The van der Waals surface area contributed by atoms with E-state index in [4.69, 9.17) is 4.74 Å². The highest BCUT2D eigenvalue weighted by molar-refractivity contribution is 5.97. The molecule has 2 unspecified atom stereocenters. The lowest BCUT2D eigenvalue weighted by molar-refractivity contribution is 0.00472. The van der Waals surface area contributed by atoms with E-state index in [1.54, 1.807) is 6.20 Å². The second-order valence-electron chi connectivity index (χ2n) is 8.52. The molecular formula is C23H29N3O3. The lowest BCUT2D eigenvalue weighted by Gasteiger charge is -2.47. The molecule has 2 aliphatic rings. The highest BCUT2D eigenvalue weighted by Crippen LogP contribution is 2.38. The first-order chi connectivity index (χ1) is 14.0. The third-order valence-corrected chi connectivity index (χ3v) is 6.18. The van der Waals surface area contributed by atoms with Gasteiger partial charge in [-0.05, 0) is 51.5 Å². The molecule has 1 aromatic carbocycles. The number of aromatic nitrogens is 2. The first kappa shape index (κ1) is 19.7. The van der Waals surface area contributed by atoms with Crippen LogP contribution >= 0.6 is 0 Å². The summed E-state index contributed by atoms with van der Waals surface area (Å²) in [5.41, 5.74) is 1.67. The Bertz CT molecular complexity index is 847. The van der Waals surface area contributed by atoms with Crippen LogP contribution in [0, 0.1) is 5.92 Å². The molecule has 0 radical (unpaired) electrons. The molecule has 2 fully saturated rings. The van der Waals surface area contributed by atoms with Gasteiger partial charge in [-0.1, -0.05) is 30.3 Å². The molecule has 1 aromatic heterocycles. The molecule has 3 heterocycles. The van der Waals surface area contributed by atoms with Crippen LogP contribution in [-0.2, 0) is 11.3 Å². The molecule has 6 nitrogen and oxygen atoms in total. The number of rotatable bonds is 5. The Kier molecular flexibility index (Phi) is 5.69. The molecular weight excluding hydrogens is 366 g/mol. The van der Waals surface area contributed by atoms with Crippen molar-refractivity contribution in [2.45, 2.75) is 70.7 Å². The van der Waals surface area contributed by atoms with Crippen LogP contribution in [-0.4, -0.2) is 38.6 Å². The van der Waals surface area contributed by atoms with Gasteiger partial charge in [0.25, 0.3) is 0 Å². The lowest BCUT2D eigenvalue weighted by atomic mass is 9.76. The molecule has 1 amide bonds. The quantitative estimate of drug-likeness (QED) is 0.693. The minimum atomic E-state index is -0.248. The van der Waals surface area contributed by atoms with E-state index in [2.05, 4.69) is 5.10 Å². The lowest BCUT2D eigenvalue weighted by Crippen LogP contribution is -2.55. The number of hydrogen-bond acceptors (Lipinski definition) is 4. The van der Waals surface area contributed by atoms with Gasteiger partial charge >= 0.3 is 6.09 Å². The zero-order chi connectivity index (χ0) is 20.4. The maximum Gasteiger partial charge on any atom is 0.410 e. The van der Waals surface area contributed by atoms with Crippen LogP contribution in [0.3, 0.4) is 0 Å². The largest absolute Gasteiger partial charge is 0.445 e. The number of Topliss-reactive ketones (excluding diaryl/α,β-unsaturated/α-hetero) is 1. The predicted octanol–water partition coefficient (Wildman–Crippen LogP) is 4.62. The maximum absolute atomic E-state index is 13.1. The summed E-state index contributed by atoms with van der Waals surface area (Å²) in [6.07, 6.45) is 7.68. The number of amides is 1. The number of piperidine rings is 2. The van der Waals surface area contributed by atoms with Crippen LogP contribution in [0.1, 0.15) is 67.9 Å². The molecule has 0 aliphatic carbocycles. The van der Waals surface area contributed by atoms with Crippen LogP contribution in [0.5, 0.6) is 0 Å². The van der Waals surface area contributed by atoms with Crippen LogP contribution < -0.4 is 0 Å². The number of nitrogens with zero attached hydrogens (tertiary/aromatic N) is 3. The molecule has 2 bridgehead atoms. The van der Waals surface area contributed by atoms with Crippen molar-refractivity contribution < 1.29 is 14.3 Å².